The van der Waals surface area contributed by atoms with Gasteiger partial charge in [-0.05, 0) is 36.9 Å². The van der Waals surface area contributed by atoms with Gasteiger partial charge in [0.05, 0.1) is 11.6 Å². The van der Waals surface area contributed by atoms with E-state index in [1.807, 2.05) is 0 Å². The van der Waals surface area contributed by atoms with Crippen molar-refractivity contribution in [2.24, 2.45) is 0 Å². The lowest BCUT2D eigenvalue weighted by Gasteiger charge is -2.04. The first kappa shape index (κ1) is 16.0. The minimum atomic E-state index is -3.57. The van der Waals surface area contributed by atoms with Crippen molar-refractivity contribution in [3.8, 4) is 0 Å². The van der Waals surface area contributed by atoms with E-state index in [4.69, 9.17) is 16.0 Å². The number of furan rings is 1. The predicted octanol–water partition coefficient (Wildman–Crippen LogP) is 2.27. The van der Waals surface area contributed by atoms with Crippen molar-refractivity contribution in [3.63, 3.8) is 0 Å². The van der Waals surface area contributed by atoms with Crippen LogP contribution in [0.5, 0.6) is 0 Å². The molecular weight excluding hydrogens is 319 g/mol. The summed E-state index contributed by atoms with van der Waals surface area (Å²) < 4.78 is 43.4. The quantitative estimate of drug-likeness (QED) is 0.851. The summed E-state index contributed by atoms with van der Waals surface area (Å²) in [6.45, 7) is 0.795. The summed E-state index contributed by atoms with van der Waals surface area (Å²) in [7, 11) is -2.25. The van der Waals surface area contributed by atoms with Crippen molar-refractivity contribution < 1.29 is 17.2 Å². The highest BCUT2D eigenvalue weighted by molar-refractivity contribution is 7.89. The van der Waals surface area contributed by atoms with Gasteiger partial charge in [-0.1, -0.05) is 17.7 Å². The lowest BCUT2D eigenvalue weighted by Crippen LogP contribution is -2.17. The maximum Gasteiger partial charge on any atom is 0.273 e. The molecule has 0 aliphatic carbocycles. The zero-order valence-corrected chi connectivity index (χ0v) is 12.8. The van der Waals surface area contributed by atoms with Gasteiger partial charge in [-0.3, -0.25) is 0 Å². The zero-order chi connectivity index (χ0) is 15.5. The third-order valence-corrected chi connectivity index (χ3v) is 4.36. The molecular formula is C13H14ClFN2O3S. The third kappa shape index (κ3) is 4.04. The second-order valence-corrected chi connectivity index (χ2v) is 6.51. The molecule has 1 aromatic heterocycles. The average molecular weight is 333 g/mol. The summed E-state index contributed by atoms with van der Waals surface area (Å²) in [6.07, 6.45) is 0. The summed E-state index contributed by atoms with van der Waals surface area (Å²) in [5.74, 6) is 0.0189. The Morgan fingerprint density at radius 3 is 2.67 bits per heavy atom. The van der Waals surface area contributed by atoms with Gasteiger partial charge in [0.15, 0.2) is 0 Å². The van der Waals surface area contributed by atoms with Crippen molar-refractivity contribution >= 4 is 21.6 Å². The van der Waals surface area contributed by atoms with Crippen molar-refractivity contribution in [1.29, 1.82) is 0 Å². The minimum absolute atomic E-state index is 0.0645. The highest BCUT2D eigenvalue weighted by Gasteiger charge is 2.15. The van der Waals surface area contributed by atoms with Gasteiger partial charge in [0.1, 0.15) is 11.6 Å². The molecule has 2 rings (SSSR count). The van der Waals surface area contributed by atoms with Crippen LogP contribution in [0.4, 0.5) is 4.39 Å². The third-order valence-electron chi connectivity index (χ3n) is 2.78. The van der Waals surface area contributed by atoms with Crippen LogP contribution in [0.3, 0.4) is 0 Å². The fourth-order valence-corrected chi connectivity index (χ4v) is 2.55. The SMILES string of the molecule is CNS(=O)(=O)c1ccc(CNCc2ccc(F)c(Cl)c2)o1. The average Bonchev–Trinajstić information content (AvgIpc) is 2.92. The summed E-state index contributed by atoms with van der Waals surface area (Å²) in [5, 5.41) is 2.99. The van der Waals surface area contributed by atoms with Gasteiger partial charge in [0, 0.05) is 6.54 Å². The van der Waals surface area contributed by atoms with Crippen molar-refractivity contribution in [2.75, 3.05) is 7.05 Å². The Bertz CT molecular complexity index is 731. The molecule has 0 bridgehead atoms. The largest absolute Gasteiger partial charge is 0.447 e. The molecule has 0 unspecified atom stereocenters. The number of benzene rings is 1. The number of sulfonamides is 1. The highest BCUT2D eigenvalue weighted by atomic mass is 35.5. The first-order valence-electron chi connectivity index (χ1n) is 6.09. The lowest BCUT2D eigenvalue weighted by molar-refractivity contribution is 0.400. The number of hydrogen-bond donors (Lipinski definition) is 2. The van der Waals surface area contributed by atoms with E-state index < -0.39 is 15.8 Å². The van der Waals surface area contributed by atoms with Crippen LogP contribution in [0, 0.1) is 5.82 Å². The van der Waals surface area contributed by atoms with Gasteiger partial charge in [-0.25, -0.2) is 17.5 Å². The smallest absolute Gasteiger partial charge is 0.273 e. The molecule has 0 atom stereocenters. The Hall–Kier alpha value is -1.41. The van der Waals surface area contributed by atoms with Crippen LogP contribution in [0.1, 0.15) is 11.3 Å². The molecule has 0 saturated heterocycles. The number of halogens is 2. The van der Waals surface area contributed by atoms with Crippen molar-refractivity contribution in [2.45, 2.75) is 18.2 Å². The first-order valence-corrected chi connectivity index (χ1v) is 7.95. The molecule has 0 fully saturated rings. The molecule has 5 nitrogen and oxygen atoms in total. The van der Waals surface area contributed by atoms with Crippen LogP contribution < -0.4 is 10.0 Å². The molecule has 21 heavy (non-hydrogen) atoms. The zero-order valence-electron chi connectivity index (χ0n) is 11.2. The van der Waals surface area contributed by atoms with E-state index in [1.165, 1.54) is 25.2 Å². The van der Waals surface area contributed by atoms with Crippen LogP contribution in [-0.2, 0) is 23.1 Å². The van der Waals surface area contributed by atoms with E-state index in [-0.39, 0.29) is 10.1 Å². The van der Waals surface area contributed by atoms with Gasteiger partial charge in [0.25, 0.3) is 10.0 Å². The van der Waals surface area contributed by atoms with Gasteiger partial charge in [-0.2, -0.15) is 0 Å². The second kappa shape index (κ2) is 6.57. The van der Waals surface area contributed by atoms with Crippen LogP contribution in [0.15, 0.2) is 39.8 Å². The van der Waals surface area contributed by atoms with Gasteiger partial charge < -0.3 is 9.73 Å². The van der Waals surface area contributed by atoms with Gasteiger partial charge >= 0.3 is 0 Å². The van der Waals surface area contributed by atoms with Crippen LogP contribution in [0.2, 0.25) is 5.02 Å². The van der Waals surface area contributed by atoms with Crippen LogP contribution >= 0.6 is 11.6 Å². The molecule has 0 amide bonds. The van der Waals surface area contributed by atoms with E-state index in [0.29, 0.717) is 18.8 Å². The molecule has 2 N–H and O–H groups in total. The number of hydrogen-bond acceptors (Lipinski definition) is 4. The monoisotopic (exact) mass is 332 g/mol. The van der Waals surface area contributed by atoms with Gasteiger partial charge in [0.2, 0.25) is 5.09 Å². The first-order chi connectivity index (χ1) is 9.92. The summed E-state index contributed by atoms with van der Waals surface area (Å²) >= 11 is 5.68. The molecule has 0 saturated carbocycles. The Morgan fingerprint density at radius 2 is 2.00 bits per heavy atom. The topological polar surface area (TPSA) is 71.3 Å². The van der Waals surface area contributed by atoms with Gasteiger partial charge in [-0.15, -0.1) is 0 Å². The summed E-state index contributed by atoms with van der Waals surface area (Å²) in [5.41, 5.74) is 0.816. The Labute approximate surface area is 127 Å². The number of rotatable bonds is 6. The summed E-state index contributed by atoms with van der Waals surface area (Å²) in [4.78, 5) is 0. The Morgan fingerprint density at radius 1 is 1.24 bits per heavy atom. The van der Waals surface area contributed by atoms with E-state index in [1.54, 1.807) is 12.1 Å². The van der Waals surface area contributed by atoms with E-state index in [2.05, 4.69) is 10.0 Å². The molecule has 1 aromatic carbocycles. The van der Waals surface area contributed by atoms with E-state index in [9.17, 15) is 12.8 Å². The molecule has 0 aliphatic heterocycles. The van der Waals surface area contributed by atoms with E-state index in [0.717, 1.165) is 5.56 Å². The lowest BCUT2D eigenvalue weighted by atomic mass is 10.2. The molecule has 0 radical (unpaired) electrons. The fraction of sp³-hybridized carbons (Fsp3) is 0.231. The molecule has 0 spiro atoms. The Kier molecular flexibility index (Phi) is 5.00. The van der Waals surface area contributed by atoms with E-state index >= 15 is 0 Å². The highest BCUT2D eigenvalue weighted by Crippen LogP contribution is 2.16. The molecule has 114 valence electrons. The molecule has 1 heterocycles. The molecule has 8 heteroatoms. The fourth-order valence-electron chi connectivity index (χ4n) is 1.68. The van der Waals surface area contributed by atoms with Crippen LogP contribution in [0.25, 0.3) is 0 Å². The Balaban J connectivity index is 1.93. The second-order valence-electron chi connectivity index (χ2n) is 4.28. The van der Waals surface area contributed by atoms with Crippen molar-refractivity contribution in [3.05, 3.63) is 52.5 Å². The molecule has 2 aromatic rings. The normalized spacial score (nSPS) is 11.8. The number of nitrogens with one attached hydrogen (secondary N) is 2. The molecule has 0 aliphatic rings. The maximum absolute atomic E-state index is 13.0. The standard InChI is InChI=1S/C13H14ClFN2O3S/c1-16-21(18,19)13-5-3-10(20-13)8-17-7-9-2-4-12(15)11(14)6-9/h2-6,16-17H,7-8H2,1H3. The van der Waals surface area contributed by atoms with Crippen LogP contribution in [-0.4, -0.2) is 15.5 Å². The maximum atomic E-state index is 13.0. The summed E-state index contributed by atoms with van der Waals surface area (Å²) in [6, 6.07) is 7.41. The predicted molar refractivity (Wildman–Crippen MR) is 76.9 cm³/mol. The minimum Gasteiger partial charge on any atom is -0.447 e. The van der Waals surface area contributed by atoms with Crippen molar-refractivity contribution in [1.82, 2.24) is 10.0 Å².